The third kappa shape index (κ3) is 3.65. The second-order valence-electron chi connectivity index (χ2n) is 7.35. The lowest BCUT2D eigenvalue weighted by molar-refractivity contribution is -0.127. The van der Waals surface area contributed by atoms with Gasteiger partial charge in [0.1, 0.15) is 6.04 Å². The average molecular weight is 413 g/mol. The Hall–Kier alpha value is -2.71. The van der Waals surface area contributed by atoms with Gasteiger partial charge in [0.05, 0.1) is 4.90 Å². The molecule has 29 heavy (non-hydrogen) atoms. The second-order valence-corrected chi connectivity index (χ2v) is 9.29. The number of carbonyl (C=O) groups is 2. The van der Waals surface area contributed by atoms with Crippen LogP contribution in [-0.4, -0.2) is 55.1 Å². The van der Waals surface area contributed by atoms with E-state index in [2.05, 4.69) is 5.32 Å². The summed E-state index contributed by atoms with van der Waals surface area (Å²) in [6.45, 7) is 3.30. The largest absolute Gasteiger partial charge is 0.353 e. The first-order valence-electron chi connectivity index (χ1n) is 9.63. The van der Waals surface area contributed by atoms with Gasteiger partial charge in [-0.15, -0.1) is 0 Å². The summed E-state index contributed by atoms with van der Waals surface area (Å²) in [5.41, 5.74) is 2.57. The topological polar surface area (TPSA) is 86.8 Å². The molecule has 1 unspecified atom stereocenters. The van der Waals surface area contributed by atoms with Crippen LogP contribution in [0, 0.1) is 0 Å². The number of nitrogens with zero attached hydrogens (tertiary/aromatic N) is 2. The van der Waals surface area contributed by atoms with E-state index in [4.69, 9.17) is 0 Å². The number of amides is 2. The molecule has 1 N–H and O–H groups in total. The Kier molecular flexibility index (Phi) is 5.14. The lowest BCUT2D eigenvalue weighted by Gasteiger charge is -2.33. The molecule has 2 aliphatic rings. The molecular weight excluding hydrogens is 390 g/mol. The van der Waals surface area contributed by atoms with E-state index in [1.807, 2.05) is 24.3 Å². The van der Waals surface area contributed by atoms with Crippen molar-refractivity contribution in [3.63, 3.8) is 0 Å². The number of rotatable bonds is 3. The van der Waals surface area contributed by atoms with E-state index in [0.29, 0.717) is 38.2 Å². The highest BCUT2D eigenvalue weighted by Crippen LogP contribution is 2.25. The molecular formula is C21H23N3O4S. The van der Waals surface area contributed by atoms with E-state index in [1.165, 1.54) is 39.0 Å². The van der Waals surface area contributed by atoms with E-state index in [9.17, 15) is 18.0 Å². The molecule has 0 aromatic heterocycles. The molecule has 2 heterocycles. The zero-order chi connectivity index (χ0) is 20.6. The minimum Gasteiger partial charge on any atom is -0.353 e. The Bertz CT molecular complexity index is 1050. The predicted octanol–water partition coefficient (Wildman–Crippen LogP) is 1.39. The Morgan fingerprint density at radius 1 is 1.03 bits per heavy atom. The highest BCUT2D eigenvalue weighted by molar-refractivity contribution is 7.89. The van der Waals surface area contributed by atoms with E-state index in [-0.39, 0.29) is 16.7 Å². The molecule has 0 saturated carbocycles. The minimum atomic E-state index is -3.65. The SMILES string of the molecule is CC1C(=O)NCCN1C(=O)c1ccc(S(=O)(=O)N2CCc3ccccc3C2)cc1. The first kappa shape index (κ1) is 19.6. The smallest absolute Gasteiger partial charge is 0.254 e. The molecule has 2 aromatic carbocycles. The number of sulfonamides is 1. The van der Waals surface area contributed by atoms with Crippen LogP contribution in [0.4, 0.5) is 0 Å². The van der Waals surface area contributed by atoms with Crippen molar-refractivity contribution in [2.75, 3.05) is 19.6 Å². The van der Waals surface area contributed by atoms with Gasteiger partial charge >= 0.3 is 0 Å². The number of hydrogen-bond donors (Lipinski definition) is 1. The van der Waals surface area contributed by atoms with E-state index in [0.717, 1.165) is 5.56 Å². The average Bonchev–Trinajstić information content (AvgIpc) is 2.75. The summed E-state index contributed by atoms with van der Waals surface area (Å²) in [7, 11) is -3.65. The van der Waals surface area contributed by atoms with Crippen molar-refractivity contribution in [2.24, 2.45) is 0 Å². The van der Waals surface area contributed by atoms with Gasteiger partial charge in [-0.05, 0) is 48.7 Å². The number of piperazine rings is 1. The van der Waals surface area contributed by atoms with Gasteiger partial charge in [-0.2, -0.15) is 4.31 Å². The van der Waals surface area contributed by atoms with Gasteiger partial charge in [-0.3, -0.25) is 9.59 Å². The normalized spacial score (nSPS) is 20.1. The first-order chi connectivity index (χ1) is 13.9. The van der Waals surface area contributed by atoms with Gasteiger partial charge in [0.25, 0.3) is 5.91 Å². The van der Waals surface area contributed by atoms with Gasteiger partial charge < -0.3 is 10.2 Å². The fourth-order valence-corrected chi connectivity index (χ4v) is 5.24. The Labute approximate surface area is 170 Å². The van der Waals surface area contributed by atoms with Crippen LogP contribution in [0.1, 0.15) is 28.4 Å². The molecule has 7 nitrogen and oxygen atoms in total. The van der Waals surface area contributed by atoms with Crippen LogP contribution in [-0.2, 0) is 27.8 Å². The lowest BCUT2D eigenvalue weighted by atomic mass is 10.0. The molecule has 0 bridgehead atoms. The van der Waals surface area contributed by atoms with Gasteiger partial charge in [-0.25, -0.2) is 8.42 Å². The van der Waals surface area contributed by atoms with E-state index < -0.39 is 16.1 Å². The van der Waals surface area contributed by atoms with Crippen LogP contribution in [0.15, 0.2) is 53.4 Å². The second kappa shape index (κ2) is 7.61. The maximum atomic E-state index is 13.1. The Morgan fingerprint density at radius 2 is 1.72 bits per heavy atom. The highest BCUT2D eigenvalue weighted by Gasteiger charge is 2.31. The first-order valence-corrected chi connectivity index (χ1v) is 11.1. The summed E-state index contributed by atoms with van der Waals surface area (Å²) in [4.78, 5) is 26.2. The minimum absolute atomic E-state index is 0.165. The summed E-state index contributed by atoms with van der Waals surface area (Å²) in [6, 6.07) is 13.3. The van der Waals surface area contributed by atoms with Crippen LogP contribution >= 0.6 is 0 Å². The van der Waals surface area contributed by atoms with Crippen molar-refractivity contribution in [3.8, 4) is 0 Å². The van der Waals surface area contributed by atoms with Crippen molar-refractivity contribution in [3.05, 3.63) is 65.2 Å². The van der Waals surface area contributed by atoms with Crippen LogP contribution in [0.25, 0.3) is 0 Å². The quantitative estimate of drug-likeness (QED) is 0.824. The third-order valence-electron chi connectivity index (χ3n) is 5.59. The molecule has 0 radical (unpaired) electrons. The standard InChI is InChI=1S/C21H23N3O4S/c1-15-20(25)22-11-13-24(15)21(26)17-6-8-19(9-7-17)29(27,28)23-12-10-16-4-2-3-5-18(16)14-23/h2-9,15H,10-14H2,1H3,(H,22,25). The maximum absolute atomic E-state index is 13.1. The molecule has 2 aromatic rings. The zero-order valence-electron chi connectivity index (χ0n) is 16.2. The molecule has 2 amide bonds. The van der Waals surface area contributed by atoms with Crippen LogP contribution in [0.5, 0.6) is 0 Å². The van der Waals surface area contributed by atoms with E-state index in [1.54, 1.807) is 6.92 Å². The molecule has 0 spiro atoms. The summed E-state index contributed by atoms with van der Waals surface area (Å²) < 4.78 is 27.6. The van der Waals surface area contributed by atoms with Crippen LogP contribution in [0.2, 0.25) is 0 Å². The lowest BCUT2D eigenvalue weighted by Crippen LogP contribution is -2.55. The number of hydrogen-bond acceptors (Lipinski definition) is 4. The number of carbonyl (C=O) groups excluding carboxylic acids is 2. The third-order valence-corrected chi connectivity index (χ3v) is 7.45. The van der Waals surface area contributed by atoms with Crippen molar-refractivity contribution in [2.45, 2.75) is 30.8 Å². The fraction of sp³-hybridized carbons (Fsp3) is 0.333. The van der Waals surface area contributed by atoms with Crippen molar-refractivity contribution in [1.82, 2.24) is 14.5 Å². The molecule has 1 saturated heterocycles. The highest BCUT2D eigenvalue weighted by atomic mass is 32.2. The molecule has 1 fully saturated rings. The van der Waals surface area contributed by atoms with Crippen molar-refractivity contribution >= 4 is 21.8 Å². The maximum Gasteiger partial charge on any atom is 0.254 e. The fourth-order valence-electron chi connectivity index (χ4n) is 3.82. The monoisotopic (exact) mass is 413 g/mol. The summed E-state index contributed by atoms with van der Waals surface area (Å²) in [5.74, 6) is -0.461. The number of benzene rings is 2. The Balaban J connectivity index is 1.53. The number of fused-ring (bicyclic) bond motifs is 1. The Morgan fingerprint density at radius 3 is 2.45 bits per heavy atom. The molecule has 0 aliphatic carbocycles. The van der Waals surface area contributed by atoms with Gasteiger partial charge in [0.15, 0.2) is 0 Å². The van der Waals surface area contributed by atoms with Gasteiger partial charge in [-0.1, -0.05) is 24.3 Å². The van der Waals surface area contributed by atoms with Crippen LogP contribution < -0.4 is 5.32 Å². The predicted molar refractivity (Wildman–Crippen MR) is 108 cm³/mol. The van der Waals surface area contributed by atoms with Gasteiger partial charge in [0, 0.05) is 31.7 Å². The molecule has 2 aliphatic heterocycles. The molecule has 152 valence electrons. The molecule has 1 atom stereocenters. The zero-order valence-corrected chi connectivity index (χ0v) is 17.0. The van der Waals surface area contributed by atoms with E-state index >= 15 is 0 Å². The summed E-state index contributed by atoms with van der Waals surface area (Å²) >= 11 is 0. The van der Waals surface area contributed by atoms with Gasteiger partial charge in [0.2, 0.25) is 15.9 Å². The van der Waals surface area contributed by atoms with Crippen LogP contribution in [0.3, 0.4) is 0 Å². The number of nitrogens with one attached hydrogen (secondary N) is 1. The van der Waals surface area contributed by atoms with Crippen molar-refractivity contribution < 1.29 is 18.0 Å². The summed E-state index contributed by atoms with van der Waals surface area (Å²) in [5, 5.41) is 2.72. The van der Waals surface area contributed by atoms with Crippen molar-refractivity contribution in [1.29, 1.82) is 0 Å². The molecule has 8 heteroatoms. The summed E-state index contributed by atoms with van der Waals surface area (Å²) in [6.07, 6.45) is 0.681. The molecule has 4 rings (SSSR count).